The highest BCUT2D eigenvalue weighted by atomic mass is 16.4. The number of likely N-dealkylation sites (tertiary alicyclic amines) is 1. The SMILES string of the molecule is CC(C)C(NC(=O)C(N)Cc1cnc[nH]1)C(=O)NC(C(=O)N1CCCC1C(=O)O)C(C)C. The van der Waals surface area contributed by atoms with Crippen molar-refractivity contribution < 1.29 is 24.3 Å². The van der Waals surface area contributed by atoms with Crippen LogP contribution in [-0.2, 0) is 25.6 Å². The molecular weight excluding hydrogens is 416 g/mol. The third-order valence-corrected chi connectivity index (χ3v) is 5.63. The Labute approximate surface area is 187 Å². The van der Waals surface area contributed by atoms with E-state index in [0.717, 1.165) is 0 Å². The van der Waals surface area contributed by atoms with Crippen LogP contribution in [0.3, 0.4) is 0 Å². The van der Waals surface area contributed by atoms with Gasteiger partial charge in [-0.2, -0.15) is 0 Å². The molecule has 1 aromatic heterocycles. The van der Waals surface area contributed by atoms with Crippen molar-refractivity contribution in [1.82, 2.24) is 25.5 Å². The molecule has 2 heterocycles. The topological polar surface area (TPSA) is 171 Å². The number of carboxylic acid groups (broad SMARTS) is 1. The van der Waals surface area contributed by atoms with E-state index in [2.05, 4.69) is 20.6 Å². The molecule has 1 saturated heterocycles. The molecule has 6 N–H and O–H groups in total. The third kappa shape index (κ3) is 6.28. The minimum Gasteiger partial charge on any atom is -0.480 e. The first kappa shape index (κ1) is 25.3. The van der Waals surface area contributed by atoms with E-state index >= 15 is 0 Å². The van der Waals surface area contributed by atoms with Crippen molar-refractivity contribution in [3.05, 3.63) is 18.2 Å². The predicted molar refractivity (Wildman–Crippen MR) is 116 cm³/mol. The zero-order chi connectivity index (χ0) is 24.0. The van der Waals surface area contributed by atoms with Crippen molar-refractivity contribution in [2.75, 3.05) is 6.54 Å². The number of aliphatic carboxylic acids is 1. The van der Waals surface area contributed by atoms with Gasteiger partial charge in [-0.05, 0) is 24.7 Å². The van der Waals surface area contributed by atoms with Crippen LogP contribution in [0.2, 0.25) is 0 Å². The quantitative estimate of drug-likeness (QED) is 0.324. The number of rotatable bonds is 10. The van der Waals surface area contributed by atoms with Crippen molar-refractivity contribution in [2.45, 2.75) is 71.1 Å². The van der Waals surface area contributed by atoms with E-state index in [9.17, 15) is 24.3 Å². The first-order valence-corrected chi connectivity index (χ1v) is 10.9. The molecule has 3 amide bonds. The molecule has 0 aliphatic carbocycles. The predicted octanol–water partition coefficient (Wildman–Crippen LogP) is -0.363. The van der Waals surface area contributed by atoms with E-state index in [1.807, 2.05) is 0 Å². The van der Waals surface area contributed by atoms with E-state index in [1.165, 1.54) is 11.2 Å². The summed E-state index contributed by atoms with van der Waals surface area (Å²) >= 11 is 0. The largest absolute Gasteiger partial charge is 0.480 e. The van der Waals surface area contributed by atoms with Crippen LogP contribution in [0.25, 0.3) is 0 Å². The number of nitrogens with one attached hydrogen (secondary N) is 3. The van der Waals surface area contributed by atoms with Crippen LogP contribution in [0.15, 0.2) is 12.5 Å². The molecule has 0 radical (unpaired) electrons. The molecule has 32 heavy (non-hydrogen) atoms. The number of H-pyrrole nitrogens is 1. The van der Waals surface area contributed by atoms with Gasteiger partial charge in [0.05, 0.1) is 12.4 Å². The molecule has 0 bridgehead atoms. The molecular formula is C21H34N6O5. The Bertz CT molecular complexity index is 810. The first-order valence-electron chi connectivity index (χ1n) is 10.9. The summed E-state index contributed by atoms with van der Waals surface area (Å²) in [4.78, 5) is 58.2. The Balaban J connectivity index is 2.07. The van der Waals surface area contributed by atoms with E-state index < -0.39 is 47.9 Å². The van der Waals surface area contributed by atoms with Crippen molar-refractivity contribution in [1.29, 1.82) is 0 Å². The summed E-state index contributed by atoms with van der Waals surface area (Å²) in [5.41, 5.74) is 6.67. The minimum atomic E-state index is -1.05. The number of carbonyl (C=O) groups excluding carboxylic acids is 3. The molecule has 4 unspecified atom stereocenters. The number of hydrogen-bond acceptors (Lipinski definition) is 6. The Morgan fingerprint density at radius 3 is 2.31 bits per heavy atom. The number of aromatic amines is 1. The summed E-state index contributed by atoms with van der Waals surface area (Å²) in [7, 11) is 0. The maximum absolute atomic E-state index is 13.1. The van der Waals surface area contributed by atoms with Gasteiger partial charge in [-0.1, -0.05) is 27.7 Å². The van der Waals surface area contributed by atoms with Crippen LogP contribution >= 0.6 is 0 Å². The Hall–Kier alpha value is -2.95. The minimum absolute atomic E-state index is 0.233. The van der Waals surface area contributed by atoms with Gasteiger partial charge in [-0.25, -0.2) is 9.78 Å². The van der Waals surface area contributed by atoms with Crippen LogP contribution in [-0.4, -0.2) is 74.4 Å². The fraction of sp³-hybridized carbons (Fsp3) is 0.667. The van der Waals surface area contributed by atoms with E-state index in [4.69, 9.17) is 5.73 Å². The van der Waals surface area contributed by atoms with Gasteiger partial charge in [-0.3, -0.25) is 14.4 Å². The molecule has 4 atom stereocenters. The Morgan fingerprint density at radius 2 is 1.78 bits per heavy atom. The van der Waals surface area contributed by atoms with Crippen LogP contribution in [0, 0.1) is 11.8 Å². The van der Waals surface area contributed by atoms with Gasteiger partial charge in [0, 0.05) is 24.9 Å². The number of carbonyl (C=O) groups is 4. The highest BCUT2D eigenvalue weighted by molar-refractivity contribution is 5.94. The molecule has 0 saturated carbocycles. The molecule has 2 rings (SSSR count). The highest BCUT2D eigenvalue weighted by Crippen LogP contribution is 2.20. The second-order valence-electron chi connectivity index (χ2n) is 8.88. The zero-order valence-electron chi connectivity index (χ0n) is 19.0. The molecule has 1 fully saturated rings. The highest BCUT2D eigenvalue weighted by Gasteiger charge is 2.39. The van der Waals surface area contributed by atoms with E-state index in [-0.39, 0.29) is 18.3 Å². The smallest absolute Gasteiger partial charge is 0.326 e. The number of carboxylic acids is 1. The number of nitrogens with two attached hydrogens (primary N) is 1. The number of aromatic nitrogens is 2. The maximum atomic E-state index is 13.1. The zero-order valence-corrected chi connectivity index (χ0v) is 19.0. The van der Waals surface area contributed by atoms with E-state index in [1.54, 1.807) is 33.9 Å². The second kappa shape index (κ2) is 11.1. The standard InChI is InChI=1S/C21H34N6O5/c1-11(2)16(25-18(28)14(22)8-13-9-23-10-24-13)19(29)26-17(12(3)4)20(30)27-7-5-6-15(27)21(31)32/h9-12,14-17H,5-8,22H2,1-4H3,(H,23,24)(H,25,28)(H,26,29)(H,31,32). The lowest BCUT2D eigenvalue weighted by molar-refractivity contribution is -0.150. The lowest BCUT2D eigenvalue weighted by Crippen LogP contribution is -2.59. The Morgan fingerprint density at radius 1 is 1.16 bits per heavy atom. The second-order valence-corrected chi connectivity index (χ2v) is 8.88. The van der Waals surface area contributed by atoms with Crippen molar-refractivity contribution in [3.63, 3.8) is 0 Å². The molecule has 11 heteroatoms. The normalized spacial score (nSPS) is 19.0. The summed E-state index contributed by atoms with van der Waals surface area (Å²) in [6.07, 6.45) is 4.28. The van der Waals surface area contributed by atoms with Gasteiger partial charge in [-0.15, -0.1) is 0 Å². The monoisotopic (exact) mass is 450 g/mol. The molecule has 0 spiro atoms. The number of nitrogens with zero attached hydrogens (tertiary/aromatic N) is 2. The van der Waals surface area contributed by atoms with Gasteiger partial charge >= 0.3 is 5.97 Å². The van der Waals surface area contributed by atoms with Gasteiger partial charge in [0.1, 0.15) is 18.1 Å². The van der Waals surface area contributed by atoms with E-state index in [0.29, 0.717) is 25.1 Å². The van der Waals surface area contributed by atoms with Crippen LogP contribution in [0.5, 0.6) is 0 Å². The average Bonchev–Trinajstić information content (AvgIpc) is 3.40. The van der Waals surface area contributed by atoms with Gasteiger partial charge < -0.3 is 31.4 Å². The average molecular weight is 451 g/mol. The van der Waals surface area contributed by atoms with Gasteiger partial charge in [0.15, 0.2) is 0 Å². The Kier molecular flexibility index (Phi) is 8.76. The molecule has 1 aliphatic rings. The summed E-state index contributed by atoms with van der Waals surface area (Å²) in [6, 6.07) is -3.58. The molecule has 1 aliphatic heterocycles. The van der Waals surface area contributed by atoms with Crippen LogP contribution in [0.4, 0.5) is 0 Å². The summed E-state index contributed by atoms with van der Waals surface area (Å²) in [6.45, 7) is 7.44. The maximum Gasteiger partial charge on any atom is 0.326 e. The lowest BCUT2D eigenvalue weighted by Gasteiger charge is -2.31. The van der Waals surface area contributed by atoms with Gasteiger partial charge in [0.25, 0.3) is 0 Å². The van der Waals surface area contributed by atoms with Crippen molar-refractivity contribution in [3.8, 4) is 0 Å². The van der Waals surface area contributed by atoms with Crippen molar-refractivity contribution >= 4 is 23.7 Å². The first-order chi connectivity index (χ1) is 15.0. The number of amides is 3. The summed E-state index contributed by atoms with van der Waals surface area (Å²) in [5.74, 6) is -3.02. The summed E-state index contributed by atoms with van der Waals surface area (Å²) < 4.78 is 0. The van der Waals surface area contributed by atoms with Crippen LogP contribution in [0.1, 0.15) is 46.2 Å². The molecule has 1 aromatic rings. The lowest BCUT2D eigenvalue weighted by atomic mass is 9.98. The third-order valence-electron chi connectivity index (χ3n) is 5.63. The fourth-order valence-corrected chi connectivity index (χ4v) is 3.74. The van der Waals surface area contributed by atoms with Gasteiger partial charge in [0.2, 0.25) is 17.7 Å². The molecule has 178 valence electrons. The molecule has 0 aromatic carbocycles. The van der Waals surface area contributed by atoms with Crippen LogP contribution < -0.4 is 16.4 Å². The molecule has 11 nitrogen and oxygen atoms in total. The van der Waals surface area contributed by atoms with Crippen molar-refractivity contribution in [2.24, 2.45) is 17.6 Å². The number of hydrogen-bond donors (Lipinski definition) is 5. The number of imidazole rings is 1. The fourth-order valence-electron chi connectivity index (χ4n) is 3.74. The summed E-state index contributed by atoms with van der Waals surface area (Å²) in [5, 5.41) is 14.8.